The van der Waals surface area contributed by atoms with Crippen LogP contribution < -0.4 is 10.1 Å². The van der Waals surface area contributed by atoms with Crippen LogP contribution in [0.4, 0.5) is 5.69 Å². The fraction of sp³-hybridized carbons (Fsp3) is 0.633. The van der Waals surface area contributed by atoms with Gasteiger partial charge in [-0.1, -0.05) is 13.0 Å². The van der Waals surface area contributed by atoms with E-state index in [2.05, 4.69) is 12.2 Å². The van der Waals surface area contributed by atoms with Crippen molar-refractivity contribution < 1.29 is 59.2 Å². The van der Waals surface area contributed by atoms with E-state index in [1.807, 2.05) is 13.0 Å². The summed E-state index contributed by atoms with van der Waals surface area (Å²) in [5, 5.41) is 62.9. The summed E-state index contributed by atoms with van der Waals surface area (Å²) in [5.74, 6) is -2.97. The molecule has 7 rings (SSSR count). The predicted octanol–water partition coefficient (Wildman–Crippen LogP) is 0.707. The molecule has 3 aliphatic carbocycles. The van der Waals surface area contributed by atoms with Crippen LogP contribution in [-0.4, -0.2) is 97.3 Å². The Morgan fingerprint density at radius 3 is 2.56 bits per heavy atom. The van der Waals surface area contributed by atoms with Crippen LogP contribution in [0.5, 0.6) is 11.5 Å². The summed E-state index contributed by atoms with van der Waals surface area (Å²) in [6, 6.07) is 2.15. The van der Waals surface area contributed by atoms with E-state index in [4.69, 9.17) is 14.2 Å². The predicted molar refractivity (Wildman–Crippen MR) is 146 cm³/mol. The maximum Gasteiger partial charge on any atom is 0.339 e. The lowest BCUT2D eigenvalue weighted by Crippen LogP contribution is -2.60. The van der Waals surface area contributed by atoms with E-state index in [0.717, 1.165) is 31.4 Å². The molecule has 13 heteroatoms. The lowest BCUT2D eigenvalue weighted by molar-refractivity contribution is -0.277. The van der Waals surface area contributed by atoms with E-state index >= 15 is 0 Å². The fourth-order valence-electron chi connectivity index (χ4n) is 8.47. The maximum absolute atomic E-state index is 13.3. The lowest BCUT2D eigenvalue weighted by Gasteiger charge is -2.55. The first-order valence-corrected chi connectivity index (χ1v) is 14.5. The van der Waals surface area contributed by atoms with Crippen LogP contribution in [0.25, 0.3) is 0 Å². The van der Waals surface area contributed by atoms with Crippen molar-refractivity contribution in [3.8, 4) is 11.5 Å². The highest BCUT2D eigenvalue weighted by Crippen LogP contribution is 2.71. The fourth-order valence-corrected chi connectivity index (χ4v) is 8.47. The van der Waals surface area contributed by atoms with E-state index in [1.165, 1.54) is 0 Å². The number of carbonyl (C=O) groups is 3. The van der Waals surface area contributed by atoms with Crippen LogP contribution in [0.2, 0.25) is 0 Å². The molecule has 3 heterocycles. The van der Waals surface area contributed by atoms with E-state index < -0.39 is 71.6 Å². The highest BCUT2D eigenvalue weighted by atomic mass is 16.7. The Morgan fingerprint density at radius 1 is 1.14 bits per heavy atom. The molecule has 0 radical (unpaired) electrons. The van der Waals surface area contributed by atoms with Gasteiger partial charge >= 0.3 is 5.97 Å². The number of carbonyl (C=O) groups excluding carboxylic acids is 2. The number of carboxylic acid groups (broad SMARTS) is 1. The summed E-state index contributed by atoms with van der Waals surface area (Å²) < 4.78 is 17.4. The maximum atomic E-state index is 13.3. The minimum atomic E-state index is -1.79. The first-order chi connectivity index (χ1) is 20.2. The van der Waals surface area contributed by atoms with E-state index in [9.17, 15) is 45.0 Å². The van der Waals surface area contributed by atoms with Crippen LogP contribution in [0.15, 0.2) is 24.3 Å². The first-order valence-electron chi connectivity index (χ1n) is 14.5. The summed E-state index contributed by atoms with van der Waals surface area (Å²) >= 11 is 0. The molecule has 3 aliphatic heterocycles. The molecule has 43 heavy (non-hydrogen) atoms. The Kier molecular flexibility index (Phi) is 7.14. The van der Waals surface area contributed by atoms with Gasteiger partial charge in [0.15, 0.2) is 11.5 Å². The van der Waals surface area contributed by atoms with Gasteiger partial charge in [-0.3, -0.25) is 9.59 Å². The van der Waals surface area contributed by atoms with Crippen molar-refractivity contribution in [3.05, 3.63) is 29.8 Å². The molecule has 13 nitrogen and oxygen atoms in total. The lowest BCUT2D eigenvalue weighted by atomic mass is 9.51. The molecule has 1 spiro atoms. The number of allylic oxidation sites excluding steroid dienone is 2. The number of aliphatic hydroxyl groups excluding tert-OH is 4. The van der Waals surface area contributed by atoms with Crippen molar-refractivity contribution in [1.82, 2.24) is 0 Å². The van der Waals surface area contributed by atoms with Crippen molar-refractivity contribution in [2.75, 3.05) is 11.9 Å². The highest BCUT2D eigenvalue weighted by Gasteiger charge is 2.71. The number of carboxylic acids is 1. The van der Waals surface area contributed by atoms with Crippen LogP contribution >= 0.6 is 0 Å². The number of amides is 1. The average Bonchev–Trinajstić information content (AvgIpc) is 3.32. The quantitative estimate of drug-likeness (QED) is 0.205. The van der Waals surface area contributed by atoms with Gasteiger partial charge in [0.1, 0.15) is 41.4 Å². The second-order valence-corrected chi connectivity index (χ2v) is 13.1. The molecule has 1 aromatic carbocycles. The molecule has 0 unspecified atom stereocenters. The molecule has 1 amide bonds. The number of phenols is 1. The third-order valence-corrected chi connectivity index (χ3v) is 10.5. The van der Waals surface area contributed by atoms with Crippen molar-refractivity contribution in [3.63, 3.8) is 0 Å². The largest absolute Gasteiger partial charge is 0.505 e. The Morgan fingerprint density at radius 2 is 1.88 bits per heavy atom. The minimum absolute atomic E-state index is 0.0826. The number of anilines is 1. The van der Waals surface area contributed by atoms with Crippen molar-refractivity contribution >= 4 is 23.3 Å². The van der Waals surface area contributed by atoms with Gasteiger partial charge in [-0.25, -0.2) is 4.79 Å². The van der Waals surface area contributed by atoms with E-state index in [0.29, 0.717) is 5.92 Å². The summed E-state index contributed by atoms with van der Waals surface area (Å²) in [7, 11) is 0. The minimum Gasteiger partial charge on any atom is -0.505 e. The number of aliphatic hydroxyl groups is 4. The molecule has 0 aromatic heterocycles. The van der Waals surface area contributed by atoms with Gasteiger partial charge in [-0.15, -0.1) is 0 Å². The van der Waals surface area contributed by atoms with Gasteiger partial charge in [0, 0.05) is 17.8 Å². The normalized spacial score (nSPS) is 42.6. The SMILES string of the molecule is C[C@@]12C[C@]34C=CC(=O)[C@@](C)(CCC(=O)Nc5c(O[C@H]6O[C@@H](CO)[C@@H](O)[C@@H](O)[C@@H]6O)ccc(C(=O)O)c5O)[C@H]3[C@@H](C[C@H]1C4)O2. The number of nitrogens with one attached hydrogen (secondary N) is 1. The first kappa shape index (κ1) is 30.0. The van der Waals surface area contributed by atoms with E-state index in [1.54, 1.807) is 6.08 Å². The second kappa shape index (κ2) is 10.2. The van der Waals surface area contributed by atoms with Crippen molar-refractivity contribution in [1.29, 1.82) is 0 Å². The number of benzene rings is 1. The molecular weight excluding hydrogens is 566 g/mol. The zero-order chi connectivity index (χ0) is 31.1. The molecule has 6 aliphatic rings. The Hall–Kier alpha value is -3.07. The number of rotatable bonds is 8. The second-order valence-electron chi connectivity index (χ2n) is 13.1. The van der Waals surface area contributed by atoms with Crippen LogP contribution in [0, 0.1) is 22.7 Å². The summed E-state index contributed by atoms with van der Waals surface area (Å²) in [5.41, 5.74) is -2.21. The molecule has 1 aromatic rings. The smallest absolute Gasteiger partial charge is 0.339 e. The Balaban J connectivity index is 1.22. The van der Waals surface area contributed by atoms with Crippen LogP contribution in [0.3, 0.4) is 0 Å². The zero-order valence-electron chi connectivity index (χ0n) is 23.8. The zero-order valence-corrected chi connectivity index (χ0v) is 23.8. The number of hydrogen-bond acceptors (Lipinski definition) is 11. The molecule has 7 N–H and O–H groups in total. The standard InChI is InChI=1S/C30H37NO12/c1-28(18(33)5-8-30-10-13-9-16(25(28)30)43-29(13,2)12-30)7-6-19(34)31-20-15(4-3-14(21(20)35)26(39)40)41-27-24(38)23(37)22(36)17(11-32)42-27/h3-5,8,13,16-17,22-25,27,32,35-38H,6-7,9-12H2,1-2H3,(H,31,34)(H,39,40)/t13-,16+,17-,22+,23+,24-,25+,27-,28+,29+,30+/m0/s1. The van der Waals surface area contributed by atoms with Gasteiger partial charge in [-0.2, -0.15) is 0 Å². The van der Waals surface area contributed by atoms with Crippen LogP contribution in [0.1, 0.15) is 56.3 Å². The number of aromatic hydroxyl groups is 1. The molecular formula is C30H37NO12. The number of aromatic carboxylic acids is 1. The van der Waals surface area contributed by atoms with Gasteiger partial charge < -0.3 is 50.2 Å². The Bertz CT molecular complexity index is 1380. The number of hydrogen-bond donors (Lipinski definition) is 7. The van der Waals surface area contributed by atoms with Gasteiger partial charge in [0.25, 0.3) is 0 Å². The highest BCUT2D eigenvalue weighted by molar-refractivity contribution is 6.00. The summed E-state index contributed by atoms with van der Waals surface area (Å²) in [4.78, 5) is 38.4. The van der Waals surface area contributed by atoms with Gasteiger partial charge in [0.2, 0.25) is 12.2 Å². The number of ketones is 1. The summed E-state index contributed by atoms with van der Waals surface area (Å²) in [6.45, 7) is 3.30. The Labute approximate surface area is 247 Å². The molecule has 11 atom stereocenters. The van der Waals surface area contributed by atoms with Crippen LogP contribution in [-0.2, 0) is 19.1 Å². The average molecular weight is 604 g/mol. The topological polar surface area (TPSA) is 212 Å². The molecule has 4 bridgehead atoms. The molecule has 3 saturated heterocycles. The van der Waals surface area contributed by atoms with Crippen molar-refractivity contribution in [2.24, 2.45) is 22.7 Å². The monoisotopic (exact) mass is 603 g/mol. The third kappa shape index (κ3) is 4.56. The van der Waals surface area contributed by atoms with E-state index in [-0.39, 0.29) is 47.4 Å². The molecule has 234 valence electrons. The number of ether oxygens (including phenoxy) is 3. The third-order valence-electron chi connectivity index (χ3n) is 10.5. The van der Waals surface area contributed by atoms with Crippen molar-refractivity contribution in [2.45, 2.75) is 88.4 Å². The molecule has 2 saturated carbocycles. The molecule has 5 fully saturated rings. The van der Waals surface area contributed by atoms with Gasteiger partial charge in [-0.05, 0) is 62.1 Å². The summed E-state index contributed by atoms with van der Waals surface area (Å²) in [6.07, 6.45) is -1.86. The van der Waals surface area contributed by atoms with Gasteiger partial charge in [0.05, 0.1) is 18.3 Å².